The lowest BCUT2D eigenvalue weighted by molar-refractivity contribution is -0.110. The monoisotopic (exact) mass is 462 g/mol. The minimum absolute atomic E-state index is 0.185. The number of carbonyl (C=O) groups excluding carboxylic acids is 1. The van der Waals surface area contributed by atoms with Gasteiger partial charge in [-0.3, -0.25) is 4.79 Å². The van der Waals surface area contributed by atoms with Crippen molar-refractivity contribution in [2.24, 2.45) is 0 Å². The number of fused-ring (bicyclic) bond motifs is 1. The molecule has 3 N–H and O–H groups in total. The Balaban J connectivity index is 1.66. The molecule has 1 aliphatic rings. The van der Waals surface area contributed by atoms with Crippen molar-refractivity contribution in [1.82, 2.24) is 9.62 Å². The van der Waals surface area contributed by atoms with Gasteiger partial charge in [0.1, 0.15) is 0 Å². The Labute approximate surface area is 194 Å². The number of benzene rings is 3. The van der Waals surface area contributed by atoms with Gasteiger partial charge in [-0.2, -0.15) is 0 Å². The highest BCUT2D eigenvalue weighted by molar-refractivity contribution is 7.89. The fourth-order valence-corrected chi connectivity index (χ4v) is 4.62. The normalized spacial score (nSPS) is 14.7. The first kappa shape index (κ1) is 22.7. The number of nitrogens with zero attached hydrogens (tertiary/aromatic N) is 1. The molecule has 170 valence electrons. The lowest BCUT2D eigenvalue weighted by Gasteiger charge is -2.15. The van der Waals surface area contributed by atoms with Crippen LogP contribution in [0, 0.1) is 0 Å². The number of nitrogens with one attached hydrogen (secondary N) is 3. The van der Waals surface area contributed by atoms with Crippen LogP contribution < -0.4 is 15.4 Å². The van der Waals surface area contributed by atoms with Gasteiger partial charge in [-0.25, -0.2) is 13.1 Å². The first-order valence-electron chi connectivity index (χ1n) is 10.6. The highest BCUT2D eigenvalue weighted by Gasteiger charge is 2.28. The van der Waals surface area contributed by atoms with Crippen LogP contribution in [0.1, 0.15) is 11.1 Å². The van der Waals surface area contributed by atoms with Gasteiger partial charge in [-0.1, -0.05) is 48.5 Å². The second kappa shape index (κ2) is 9.58. The van der Waals surface area contributed by atoms with Gasteiger partial charge < -0.3 is 15.5 Å². The average Bonchev–Trinajstić information content (AvgIpc) is 3.13. The molecule has 4 rings (SSSR count). The summed E-state index contributed by atoms with van der Waals surface area (Å²) in [5, 5.41) is 6.25. The fourth-order valence-electron chi connectivity index (χ4n) is 3.60. The molecular weight excluding hydrogens is 436 g/mol. The van der Waals surface area contributed by atoms with Crippen LogP contribution in [-0.2, 0) is 14.8 Å². The molecule has 1 aliphatic heterocycles. The molecule has 0 atom stereocenters. The summed E-state index contributed by atoms with van der Waals surface area (Å²) in [6.07, 6.45) is 0. The summed E-state index contributed by atoms with van der Waals surface area (Å²) >= 11 is 0. The fraction of sp³-hybridized carbons (Fsp3) is 0.160. The number of para-hydroxylation sites is 1. The van der Waals surface area contributed by atoms with Crippen molar-refractivity contribution in [2.45, 2.75) is 4.90 Å². The lowest BCUT2D eigenvalue weighted by Crippen LogP contribution is -2.31. The van der Waals surface area contributed by atoms with E-state index in [9.17, 15) is 13.2 Å². The molecule has 0 bridgehead atoms. The number of hydrogen-bond donors (Lipinski definition) is 3. The van der Waals surface area contributed by atoms with Gasteiger partial charge in [0.25, 0.3) is 5.91 Å². The average molecular weight is 463 g/mol. The van der Waals surface area contributed by atoms with Crippen LogP contribution in [-0.4, -0.2) is 46.4 Å². The Morgan fingerprint density at radius 2 is 1.58 bits per heavy atom. The number of amides is 1. The first-order valence-corrected chi connectivity index (χ1v) is 12.1. The van der Waals surface area contributed by atoms with Crippen molar-refractivity contribution in [1.29, 1.82) is 0 Å². The maximum Gasteiger partial charge on any atom is 0.258 e. The summed E-state index contributed by atoms with van der Waals surface area (Å²) in [5.41, 5.74) is 4.29. The zero-order chi connectivity index (χ0) is 23.4. The third kappa shape index (κ3) is 5.14. The first-order chi connectivity index (χ1) is 15.8. The van der Waals surface area contributed by atoms with Crippen molar-refractivity contribution >= 4 is 38.6 Å². The number of likely N-dealkylation sites (N-methyl/N-ethyl adjacent to an activating group) is 1. The van der Waals surface area contributed by atoms with Gasteiger partial charge in [-0.05, 0) is 50.0 Å². The number of anilines is 2. The second-order valence-electron chi connectivity index (χ2n) is 7.97. The molecular formula is C25H26N4O3S. The quantitative estimate of drug-likeness (QED) is 0.446. The smallest absolute Gasteiger partial charge is 0.258 e. The van der Waals surface area contributed by atoms with E-state index in [1.54, 1.807) is 24.3 Å². The third-order valence-electron chi connectivity index (χ3n) is 5.27. The lowest BCUT2D eigenvalue weighted by atomic mass is 10.00. The molecule has 0 saturated heterocycles. The van der Waals surface area contributed by atoms with Crippen LogP contribution in [0.2, 0.25) is 0 Å². The van der Waals surface area contributed by atoms with Crippen molar-refractivity contribution in [2.75, 3.05) is 37.8 Å². The molecule has 8 heteroatoms. The zero-order valence-electron chi connectivity index (χ0n) is 18.5. The van der Waals surface area contributed by atoms with Crippen LogP contribution >= 0.6 is 0 Å². The van der Waals surface area contributed by atoms with Gasteiger partial charge in [0.15, 0.2) is 0 Å². The number of carbonyl (C=O) groups is 1. The molecule has 0 saturated carbocycles. The van der Waals surface area contributed by atoms with Crippen molar-refractivity contribution in [3.05, 3.63) is 90.0 Å². The van der Waals surface area contributed by atoms with E-state index >= 15 is 0 Å². The molecule has 0 fully saturated rings. The van der Waals surface area contributed by atoms with E-state index in [1.165, 1.54) is 0 Å². The molecule has 3 aromatic carbocycles. The Morgan fingerprint density at radius 1 is 0.909 bits per heavy atom. The predicted molar refractivity (Wildman–Crippen MR) is 132 cm³/mol. The van der Waals surface area contributed by atoms with E-state index in [2.05, 4.69) is 15.4 Å². The third-order valence-corrected chi connectivity index (χ3v) is 6.75. The van der Waals surface area contributed by atoms with Gasteiger partial charge in [0.05, 0.1) is 16.2 Å². The van der Waals surface area contributed by atoms with E-state index in [4.69, 9.17) is 0 Å². The van der Waals surface area contributed by atoms with E-state index < -0.39 is 10.0 Å². The van der Waals surface area contributed by atoms with Gasteiger partial charge >= 0.3 is 0 Å². The number of rotatable bonds is 8. The highest BCUT2D eigenvalue weighted by atomic mass is 32.2. The molecule has 0 radical (unpaired) electrons. The molecule has 1 heterocycles. The van der Waals surface area contributed by atoms with Gasteiger partial charge in [0.2, 0.25) is 10.0 Å². The molecule has 0 aromatic heterocycles. The second-order valence-corrected chi connectivity index (χ2v) is 9.73. The zero-order valence-corrected chi connectivity index (χ0v) is 19.3. The van der Waals surface area contributed by atoms with Gasteiger partial charge in [-0.15, -0.1) is 0 Å². The maximum absolute atomic E-state index is 12.9. The summed E-state index contributed by atoms with van der Waals surface area (Å²) in [6, 6.07) is 23.6. The van der Waals surface area contributed by atoms with E-state index in [1.807, 2.05) is 73.6 Å². The largest absolute Gasteiger partial charge is 0.354 e. The van der Waals surface area contributed by atoms with Crippen LogP contribution in [0.3, 0.4) is 0 Å². The van der Waals surface area contributed by atoms with E-state index in [-0.39, 0.29) is 10.8 Å². The Kier molecular flexibility index (Phi) is 6.60. The summed E-state index contributed by atoms with van der Waals surface area (Å²) in [5.74, 6) is -0.188. The topological polar surface area (TPSA) is 90.5 Å². The van der Waals surface area contributed by atoms with Crippen LogP contribution in [0.5, 0.6) is 0 Å². The van der Waals surface area contributed by atoms with E-state index in [0.29, 0.717) is 30.0 Å². The minimum atomic E-state index is -3.60. The predicted octanol–water partition coefficient (Wildman–Crippen LogP) is 3.46. The van der Waals surface area contributed by atoms with Crippen LogP contribution in [0.25, 0.3) is 11.3 Å². The van der Waals surface area contributed by atoms with Crippen LogP contribution in [0.15, 0.2) is 83.8 Å². The Bertz CT molecular complexity index is 1280. The summed E-state index contributed by atoms with van der Waals surface area (Å²) in [7, 11) is 0.173. The molecule has 0 aliphatic carbocycles. The summed E-state index contributed by atoms with van der Waals surface area (Å²) in [4.78, 5) is 15.0. The molecule has 0 unspecified atom stereocenters. The SMILES string of the molecule is CN(C)CCNS(=O)(=O)c1ccc(N/C(=C2\C(=O)Nc3ccccc32)c2ccccc2)cc1. The molecule has 3 aromatic rings. The molecule has 7 nitrogen and oxygen atoms in total. The molecule has 1 amide bonds. The Hall–Kier alpha value is -3.46. The standard InChI is InChI=1S/C25H26N4O3S/c1-29(2)17-16-26-33(31,32)20-14-12-19(13-15-20)27-24(18-8-4-3-5-9-18)23-21-10-6-7-11-22(21)28-25(23)30/h3-15,26-27H,16-17H2,1-2H3,(H,28,30)/b24-23-. The highest BCUT2D eigenvalue weighted by Crippen LogP contribution is 2.37. The van der Waals surface area contributed by atoms with Crippen molar-refractivity contribution in [3.63, 3.8) is 0 Å². The van der Waals surface area contributed by atoms with Crippen LogP contribution in [0.4, 0.5) is 11.4 Å². The summed E-state index contributed by atoms with van der Waals surface area (Å²) in [6.45, 7) is 0.935. The number of hydrogen-bond acceptors (Lipinski definition) is 5. The molecule has 33 heavy (non-hydrogen) atoms. The maximum atomic E-state index is 12.9. The Morgan fingerprint density at radius 3 is 2.27 bits per heavy atom. The van der Waals surface area contributed by atoms with E-state index in [0.717, 1.165) is 16.8 Å². The minimum Gasteiger partial charge on any atom is -0.354 e. The number of sulfonamides is 1. The summed E-state index contributed by atoms with van der Waals surface area (Å²) < 4.78 is 27.7. The van der Waals surface area contributed by atoms with Crippen molar-refractivity contribution < 1.29 is 13.2 Å². The molecule has 0 spiro atoms. The van der Waals surface area contributed by atoms with Crippen molar-refractivity contribution in [3.8, 4) is 0 Å². The van der Waals surface area contributed by atoms with Gasteiger partial charge in [0, 0.05) is 30.0 Å².